The third kappa shape index (κ3) is 14.2. The Morgan fingerprint density at radius 2 is 0.765 bits per heavy atom. The Balaban J connectivity index is 1.27. The second kappa shape index (κ2) is 21.0. The van der Waals surface area contributed by atoms with Crippen LogP contribution in [0.3, 0.4) is 0 Å². The summed E-state index contributed by atoms with van der Waals surface area (Å²) in [4.78, 5) is 0. The van der Waals surface area contributed by atoms with Gasteiger partial charge in [-0.05, 0) is 29.2 Å². The highest BCUT2D eigenvalue weighted by atomic mass is 14.1. The Kier molecular flexibility index (Phi) is 17.9. The van der Waals surface area contributed by atoms with Gasteiger partial charge in [0.05, 0.1) is 0 Å². The maximum Gasteiger partial charge on any atom is -0.0152 e. The van der Waals surface area contributed by atoms with Gasteiger partial charge < -0.3 is 0 Å². The van der Waals surface area contributed by atoms with E-state index in [-0.39, 0.29) is 0 Å². The number of unbranched alkanes of at least 4 members (excludes halogenated alkanes) is 21. The van der Waals surface area contributed by atoms with Crippen LogP contribution in [-0.2, 0) is 6.42 Å². The number of fused-ring (bicyclic) bond motifs is 1. The minimum absolute atomic E-state index is 1.24. The number of hydrogen-bond acceptors (Lipinski definition) is 0. The molecular formula is C34H56. The summed E-state index contributed by atoms with van der Waals surface area (Å²) in [7, 11) is 0. The number of rotatable bonds is 23. The minimum atomic E-state index is 1.24. The van der Waals surface area contributed by atoms with Gasteiger partial charge in [0.1, 0.15) is 0 Å². The summed E-state index contributed by atoms with van der Waals surface area (Å²) in [5.74, 6) is 0. The van der Waals surface area contributed by atoms with E-state index in [0.29, 0.717) is 0 Å². The first kappa shape index (κ1) is 28.9. The highest BCUT2D eigenvalue weighted by Gasteiger charge is 2.00. The van der Waals surface area contributed by atoms with E-state index in [4.69, 9.17) is 0 Å². The molecule has 192 valence electrons. The molecule has 0 aliphatic rings. The van der Waals surface area contributed by atoms with Gasteiger partial charge in [0, 0.05) is 0 Å². The Hall–Kier alpha value is -1.30. The van der Waals surface area contributed by atoms with Gasteiger partial charge in [0.2, 0.25) is 0 Å². The zero-order valence-corrected chi connectivity index (χ0v) is 22.8. The van der Waals surface area contributed by atoms with Crippen LogP contribution in [0, 0.1) is 0 Å². The van der Waals surface area contributed by atoms with E-state index in [1.807, 2.05) is 0 Å². The van der Waals surface area contributed by atoms with E-state index in [2.05, 4.69) is 49.4 Å². The van der Waals surface area contributed by atoms with Crippen molar-refractivity contribution in [1.29, 1.82) is 0 Å². The van der Waals surface area contributed by atoms with Crippen molar-refractivity contribution in [2.45, 2.75) is 155 Å². The van der Waals surface area contributed by atoms with Gasteiger partial charge in [0.15, 0.2) is 0 Å². The molecule has 0 nitrogen and oxygen atoms in total. The summed E-state index contributed by atoms with van der Waals surface area (Å²) in [5.41, 5.74) is 1.53. The molecule has 0 unspecified atom stereocenters. The lowest BCUT2D eigenvalue weighted by Gasteiger charge is -2.07. The Labute approximate surface area is 213 Å². The highest BCUT2D eigenvalue weighted by molar-refractivity contribution is 5.85. The van der Waals surface area contributed by atoms with Crippen LogP contribution in [0.1, 0.15) is 154 Å². The molecule has 0 heteroatoms. The Bertz CT molecular complexity index is 695. The lowest BCUT2D eigenvalue weighted by Crippen LogP contribution is -1.88. The number of hydrogen-bond donors (Lipinski definition) is 0. The molecule has 0 spiro atoms. The van der Waals surface area contributed by atoms with Crippen LogP contribution in [0.5, 0.6) is 0 Å². The molecule has 0 aliphatic carbocycles. The van der Waals surface area contributed by atoms with E-state index in [1.165, 1.54) is 164 Å². The molecule has 2 aromatic rings. The third-order valence-corrected chi connectivity index (χ3v) is 7.68. The fourth-order valence-electron chi connectivity index (χ4n) is 5.43. The summed E-state index contributed by atoms with van der Waals surface area (Å²) in [5, 5.41) is 2.84. The second-order valence-corrected chi connectivity index (χ2v) is 10.8. The van der Waals surface area contributed by atoms with Gasteiger partial charge in [-0.3, -0.25) is 0 Å². The first-order valence-electron chi connectivity index (χ1n) is 15.4. The summed E-state index contributed by atoms with van der Waals surface area (Å²) in [6.45, 7) is 2.30. The zero-order valence-electron chi connectivity index (χ0n) is 22.8. The largest absolute Gasteiger partial charge is 0.0654 e. The van der Waals surface area contributed by atoms with Crippen LogP contribution in [0.2, 0.25) is 0 Å². The first-order valence-corrected chi connectivity index (χ1v) is 15.4. The molecule has 0 bridgehead atoms. The normalized spacial score (nSPS) is 11.4. The van der Waals surface area contributed by atoms with Crippen molar-refractivity contribution in [2.24, 2.45) is 0 Å². The quantitative estimate of drug-likeness (QED) is 0.143. The molecule has 2 rings (SSSR count). The third-order valence-electron chi connectivity index (χ3n) is 7.68. The van der Waals surface area contributed by atoms with Gasteiger partial charge in [-0.25, -0.2) is 0 Å². The molecule has 0 saturated carbocycles. The summed E-state index contributed by atoms with van der Waals surface area (Å²) >= 11 is 0. The lowest BCUT2D eigenvalue weighted by atomic mass is 9.99. The molecule has 0 aromatic heterocycles. The minimum Gasteiger partial charge on any atom is -0.0654 e. The van der Waals surface area contributed by atoms with Gasteiger partial charge in [-0.15, -0.1) is 0 Å². The highest BCUT2D eigenvalue weighted by Crippen LogP contribution is 2.21. The lowest BCUT2D eigenvalue weighted by molar-refractivity contribution is 0.519. The van der Waals surface area contributed by atoms with Crippen LogP contribution in [0.15, 0.2) is 42.5 Å². The SMILES string of the molecule is CCCCCCCCCCCCCCCCCCCCCCCCc1cccc2ccccc12. The van der Waals surface area contributed by atoms with E-state index in [1.54, 1.807) is 0 Å². The fourth-order valence-corrected chi connectivity index (χ4v) is 5.43. The number of benzene rings is 2. The number of aryl methyl sites for hydroxylation is 1. The topological polar surface area (TPSA) is 0 Å². The standard InChI is InChI=1S/C34H56/c1-2-3-4-5-6-7-8-9-10-11-12-13-14-15-16-17-18-19-20-21-22-23-27-32-29-26-30-33-28-24-25-31-34(32)33/h24-26,28-31H,2-23,27H2,1H3. The smallest absolute Gasteiger partial charge is 0.0152 e. The average molecular weight is 465 g/mol. The summed E-state index contributed by atoms with van der Waals surface area (Å²) in [6.07, 6.45) is 33.2. The molecule has 0 heterocycles. The van der Waals surface area contributed by atoms with Crippen molar-refractivity contribution in [3.63, 3.8) is 0 Å². The zero-order chi connectivity index (χ0) is 23.9. The summed E-state index contributed by atoms with van der Waals surface area (Å²) in [6, 6.07) is 15.6. The maximum atomic E-state index is 2.32. The van der Waals surface area contributed by atoms with Gasteiger partial charge in [-0.2, -0.15) is 0 Å². The Morgan fingerprint density at radius 3 is 1.24 bits per heavy atom. The fraction of sp³-hybridized carbons (Fsp3) is 0.706. The van der Waals surface area contributed by atoms with Crippen molar-refractivity contribution < 1.29 is 0 Å². The van der Waals surface area contributed by atoms with Gasteiger partial charge >= 0.3 is 0 Å². The van der Waals surface area contributed by atoms with Crippen molar-refractivity contribution in [3.8, 4) is 0 Å². The van der Waals surface area contributed by atoms with Crippen molar-refractivity contribution in [3.05, 3.63) is 48.0 Å². The molecule has 0 radical (unpaired) electrons. The van der Waals surface area contributed by atoms with Crippen molar-refractivity contribution >= 4 is 10.8 Å². The van der Waals surface area contributed by atoms with E-state index >= 15 is 0 Å². The second-order valence-electron chi connectivity index (χ2n) is 10.8. The molecule has 0 saturated heterocycles. The van der Waals surface area contributed by atoms with E-state index in [9.17, 15) is 0 Å². The van der Waals surface area contributed by atoms with Crippen LogP contribution in [0.25, 0.3) is 10.8 Å². The van der Waals surface area contributed by atoms with Crippen LogP contribution in [-0.4, -0.2) is 0 Å². The van der Waals surface area contributed by atoms with Gasteiger partial charge in [-0.1, -0.05) is 184 Å². The van der Waals surface area contributed by atoms with Crippen LogP contribution in [0.4, 0.5) is 0 Å². The molecule has 0 fully saturated rings. The molecule has 34 heavy (non-hydrogen) atoms. The molecule has 0 N–H and O–H groups in total. The maximum absolute atomic E-state index is 2.32. The monoisotopic (exact) mass is 464 g/mol. The van der Waals surface area contributed by atoms with Crippen molar-refractivity contribution in [2.75, 3.05) is 0 Å². The van der Waals surface area contributed by atoms with Crippen molar-refractivity contribution in [1.82, 2.24) is 0 Å². The van der Waals surface area contributed by atoms with E-state index in [0.717, 1.165) is 0 Å². The molecule has 0 aliphatic heterocycles. The molecule has 0 amide bonds. The molecular weight excluding hydrogens is 408 g/mol. The van der Waals surface area contributed by atoms with Crippen LogP contribution >= 0.6 is 0 Å². The average Bonchev–Trinajstić information content (AvgIpc) is 2.87. The summed E-state index contributed by atoms with van der Waals surface area (Å²) < 4.78 is 0. The van der Waals surface area contributed by atoms with E-state index < -0.39 is 0 Å². The van der Waals surface area contributed by atoms with Crippen LogP contribution < -0.4 is 0 Å². The molecule has 0 atom stereocenters. The molecule has 2 aromatic carbocycles. The first-order chi connectivity index (χ1) is 16.9. The predicted molar refractivity (Wildman–Crippen MR) is 155 cm³/mol. The van der Waals surface area contributed by atoms with Gasteiger partial charge in [0.25, 0.3) is 0 Å². The predicted octanol–water partition coefficient (Wildman–Crippen LogP) is 12.0. The Morgan fingerprint density at radius 1 is 0.382 bits per heavy atom.